The van der Waals surface area contributed by atoms with E-state index in [1.165, 1.54) is 23.1 Å². The molecule has 3 aromatic rings. The SMILES string of the molecule is CC[C@@H](C(=O)NC1CCCC1)N(Cc1cccc(C)c1)C(=O)CN(c1cccc(Cl)c1Cl)S(=O)(=O)c1ccc(C)cc1. The molecular weight excluding hydrogens is 593 g/mol. The molecule has 2 amide bonds. The van der Waals surface area contributed by atoms with Crippen LogP contribution in [0.4, 0.5) is 5.69 Å². The molecule has 1 saturated carbocycles. The summed E-state index contributed by atoms with van der Waals surface area (Å²) in [5.41, 5.74) is 2.82. The van der Waals surface area contributed by atoms with Gasteiger partial charge in [-0.3, -0.25) is 13.9 Å². The van der Waals surface area contributed by atoms with E-state index in [0.717, 1.165) is 46.7 Å². The van der Waals surface area contributed by atoms with Crippen LogP contribution in [-0.4, -0.2) is 43.8 Å². The van der Waals surface area contributed by atoms with Crippen molar-refractivity contribution < 1.29 is 18.0 Å². The molecule has 0 aliphatic heterocycles. The summed E-state index contributed by atoms with van der Waals surface area (Å²) in [5.74, 6) is -0.768. The molecule has 7 nitrogen and oxygen atoms in total. The fourth-order valence-electron chi connectivity index (χ4n) is 5.33. The average molecular weight is 631 g/mol. The molecule has 0 radical (unpaired) electrons. The molecule has 3 aromatic carbocycles. The maximum absolute atomic E-state index is 14.3. The molecule has 1 atom stereocenters. The third-order valence-electron chi connectivity index (χ3n) is 7.61. The molecule has 0 spiro atoms. The Labute approximate surface area is 258 Å². The second kappa shape index (κ2) is 13.9. The lowest BCUT2D eigenvalue weighted by molar-refractivity contribution is -0.140. The number of nitrogens with zero attached hydrogens (tertiary/aromatic N) is 2. The molecule has 1 fully saturated rings. The van der Waals surface area contributed by atoms with Gasteiger partial charge in [0.25, 0.3) is 10.0 Å². The van der Waals surface area contributed by atoms with Gasteiger partial charge < -0.3 is 10.2 Å². The first-order valence-electron chi connectivity index (χ1n) is 14.2. The molecule has 1 aliphatic rings. The summed E-state index contributed by atoms with van der Waals surface area (Å²) in [4.78, 5) is 29.3. The van der Waals surface area contributed by atoms with Gasteiger partial charge in [-0.2, -0.15) is 0 Å². The van der Waals surface area contributed by atoms with Crippen LogP contribution in [0.1, 0.15) is 55.7 Å². The Kier molecular flexibility index (Phi) is 10.6. The predicted octanol–water partition coefficient (Wildman–Crippen LogP) is 6.67. The van der Waals surface area contributed by atoms with E-state index >= 15 is 0 Å². The summed E-state index contributed by atoms with van der Waals surface area (Å²) in [5, 5.41) is 3.29. The fraction of sp³-hybridized carbons (Fsp3) is 0.375. The minimum absolute atomic E-state index is 0.00759. The van der Waals surface area contributed by atoms with Gasteiger partial charge in [0.1, 0.15) is 12.6 Å². The number of rotatable bonds is 11. The third-order valence-corrected chi connectivity index (χ3v) is 10.2. The van der Waals surface area contributed by atoms with Crippen LogP contribution in [0, 0.1) is 13.8 Å². The van der Waals surface area contributed by atoms with Crippen LogP contribution in [0.2, 0.25) is 10.0 Å². The van der Waals surface area contributed by atoms with Gasteiger partial charge in [0, 0.05) is 12.6 Å². The number of aryl methyl sites for hydroxylation is 2. The van der Waals surface area contributed by atoms with E-state index in [1.807, 2.05) is 45.0 Å². The zero-order valence-electron chi connectivity index (χ0n) is 24.1. The van der Waals surface area contributed by atoms with Crippen LogP contribution in [0.3, 0.4) is 0 Å². The van der Waals surface area contributed by atoms with Crippen LogP contribution >= 0.6 is 23.2 Å². The zero-order chi connectivity index (χ0) is 30.4. The molecule has 0 aromatic heterocycles. The second-order valence-corrected chi connectivity index (χ2v) is 13.5. The van der Waals surface area contributed by atoms with Gasteiger partial charge >= 0.3 is 0 Å². The molecule has 10 heteroatoms. The van der Waals surface area contributed by atoms with Crippen molar-refractivity contribution in [3.8, 4) is 0 Å². The number of halogens is 2. The third kappa shape index (κ3) is 7.46. The summed E-state index contributed by atoms with van der Waals surface area (Å²) >= 11 is 12.8. The van der Waals surface area contributed by atoms with Gasteiger partial charge in [-0.25, -0.2) is 8.42 Å². The maximum Gasteiger partial charge on any atom is 0.264 e. The van der Waals surface area contributed by atoms with E-state index in [-0.39, 0.29) is 39.1 Å². The fourth-order valence-corrected chi connectivity index (χ4v) is 7.20. The van der Waals surface area contributed by atoms with E-state index in [2.05, 4.69) is 5.32 Å². The van der Waals surface area contributed by atoms with Gasteiger partial charge in [-0.15, -0.1) is 0 Å². The van der Waals surface area contributed by atoms with Crippen LogP contribution in [0.5, 0.6) is 0 Å². The van der Waals surface area contributed by atoms with Crippen molar-refractivity contribution in [1.82, 2.24) is 10.2 Å². The maximum atomic E-state index is 14.3. The van der Waals surface area contributed by atoms with Crippen LogP contribution in [0.15, 0.2) is 71.6 Å². The molecule has 0 bridgehead atoms. The Morgan fingerprint density at radius 1 is 0.952 bits per heavy atom. The van der Waals surface area contributed by atoms with Crippen molar-refractivity contribution in [2.75, 3.05) is 10.8 Å². The van der Waals surface area contributed by atoms with Crippen molar-refractivity contribution in [2.24, 2.45) is 0 Å². The molecule has 0 unspecified atom stereocenters. The van der Waals surface area contributed by atoms with Gasteiger partial charge in [-0.1, -0.05) is 96.6 Å². The average Bonchev–Trinajstić information content (AvgIpc) is 3.46. The summed E-state index contributed by atoms with van der Waals surface area (Å²) < 4.78 is 29.1. The van der Waals surface area contributed by atoms with E-state index in [9.17, 15) is 18.0 Å². The van der Waals surface area contributed by atoms with Crippen molar-refractivity contribution >= 4 is 50.7 Å². The largest absolute Gasteiger partial charge is 0.352 e. The highest BCUT2D eigenvalue weighted by atomic mass is 35.5. The summed E-state index contributed by atoms with van der Waals surface area (Å²) in [6.45, 7) is 5.23. The predicted molar refractivity (Wildman–Crippen MR) is 168 cm³/mol. The minimum atomic E-state index is -4.25. The number of amides is 2. The lowest BCUT2D eigenvalue weighted by Crippen LogP contribution is -2.53. The van der Waals surface area contributed by atoms with Gasteiger partial charge in [0.2, 0.25) is 11.8 Å². The number of hydrogen-bond acceptors (Lipinski definition) is 4. The minimum Gasteiger partial charge on any atom is -0.352 e. The van der Waals surface area contributed by atoms with Crippen molar-refractivity contribution in [3.05, 3.63) is 93.5 Å². The van der Waals surface area contributed by atoms with E-state index in [4.69, 9.17) is 23.2 Å². The molecule has 224 valence electrons. The highest BCUT2D eigenvalue weighted by molar-refractivity contribution is 7.92. The Morgan fingerprint density at radius 3 is 2.26 bits per heavy atom. The summed E-state index contributed by atoms with van der Waals surface area (Å²) in [6.07, 6.45) is 4.28. The van der Waals surface area contributed by atoms with Crippen LogP contribution < -0.4 is 9.62 Å². The van der Waals surface area contributed by atoms with Gasteiger partial charge in [-0.05, 0) is 62.9 Å². The highest BCUT2D eigenvalue weighted by Crippen LogP contribution is 2.35. The molecule has 1 N–H and O–H groups in total. The van der Waals surface area contributed by atoms with Gasteiger partial charge in [0.05, 0.1) is 20.6 Å². The Morgan fingerprint density at radius 2 is 1.62 bits per heavy atom. The van der Waals surface area contributed by atoms with Crippen LogP contribution in [-0.2, 0) is 26.2 Å². The second-order valence-electron chi connectivity index (χ2n) is 10.8. The van der Waals surface area contributed by atoms with Crippen molar-refractivity contribution in [3.63, 3.8) is 0 Å². The van der Waals surface area contributed by atoms with Crippen molar-refractivity contribution in [1.29, 1.82) is 0 Å². The molecule has 1 aliphatic carbocycles. The molecule has 4 rings (SSSR count). The van der Waals surface area contributed by atoms with Gasteiger partial charge in [0.15, 0.2) is 0 Å². The Bertz CT molecular complexity index is 1520. The number of sulfonamides is 1. The number of carbonyl (C=O) groups is 2. The van der Waals surface area contributed by atoms with E-state index in [0.29, 0.717) is 6.42 Å². The lowest BCUT2D eigenvalue weighted by atomic mass is 10.1. The number of nitrogens with one attached hydrogen (secondary N) is 1. The summed E-state index contributed by atoms with van der Waals surface area (Å²) in [7, 11) is -4.25. The Balaban J connectivity index is 1.75. The monoisotopic (exact) mass is 629 g/mol. The zero-order valence-corrected chi connectivity index (χ0v) is 26.5. The molecule has 42 heavy (non-hydrogen) atoms. The Hall–Kier alpha value is -3.07. The first-order chi connectivity index (χ1) is 20.0. The quantitative estimate of drug-likeness (QED) is 0.256. The molecule has 0 heterocycles. The molecular formula is C32H37Cl2N3O4S. The van der Waals surface area contributed by atoms with Crippen molar-refractivity contribution in [2.45, 2.75) is 76.4 Å². The lowest BCUT2D eigenvalue weighted by Gasteiger charge is -2.34. The summed E-state index contributed by atoms with van der Waals surface area (Å²) in [6, 6.07) is 18.0. The number of hydrogen-bond donors (Lipinski definition) is 1. The first-order valence-corrected chi connectivity index (χ1v) is 16.4. The highest BCUT2D eigenvalue weighted by Gasteiger charge is 2.35. The van der Waals surface area contributed by atoms with Crippen LogP contribution in [0.25, 0.3) is 0 Å². The topological polar surface area (TPSA) is 86.8 Å². The number of anilines is 1. The number of carbonyl (C=O) groups excluding carboxylic acids is 2. The number of benzene rings is 3. The standard InChI is InChI=1S/C32H37Cl2N3O4S/c1-4-28(32(39)35-25-11-5-6-12-25)36(20-24-10-7-9-23(3)19-24)30(38)21-37(29-14-8-13-27(33)31(29)34)42(40,41)26-17-15-22(2)16-18-26/h7-10,13-19,25,28H,4-6,11-12,20-21H2,1-3H3,(H,35,39)/t28-/m0/s1. The normalized spacial score (nSPS) is 14.4. The first kappa shape index (κ1) is 31.9. The van der Waals surface area contributed by atoms with E-state index in [1.54, 1.807) is 24.3 Å². The molecule has 0 saturated heterocycles. The smallest absolute Gasteiger partial charge is 0.264 e. The van der Waals surface area contributed by atoms with E-state index < -0.39 is 28.5 Å².